The van der Waals surface area contributed by atoms with Gasteiger partial charge in [-0.25, -0.2) is 0 Å². The summed E-state index contributed by atoms with van der Waals surface area (Å²) in [7, 11) is 3.17. The van der Waals surface area contributed by atoms with Crippen molar-refractivity contribution in [3.8, 4) is 11.5 Å². The van der Waals surface area contributed by atoms with E-state index in [9.17, 15) is 4.79 Å². The van der Waals surface area contributed by atoms with Crippen LogP contribution in [0.3, 0.4) is 0 Å². The molecule has 0 saturated carbocycles. The number of benzene rings is 1. The van der Waals surface area contributed by atoms with E-state index in [1.165, 1.54) is 0 Å². The average molecular weight is 251 g/mol. The molecule has 0 radical (unpaired) electrons. The highest BCUT2D eigenvalue weighted by Crippen LogP contribution is 2.28. The van der Waals surface area contributed by atoms with Crippen LogP contribution in [0.1, 0.15) is 30.6 Å². The number of nitrogens with one attached hydrogen (secondary N) is 1. The van der Waals surface area contributed by atoms with Crippen molar-refractivity contribution in [3.63, 3.8) is 0 Å². The minimum absolute atomic E-state index is 0.137. The molecular formula is C14H21NO3. The van der Waals surface area contributed by atoms with Crippen LogP contribution in [-0.4, -0.2) is 26.7 Å². The fourth-order valence-electron chi connectivity index (χ4n) is 1.48. The van der Waals surface area contributed by atoms with Crippen molar-refractivity contribution in [1.29, 1.82) is 0 Å². The summed E-state index contributed by atoms with van der Waals surface area (Å²) in [5.41, 5.74) is 0.561. The predicted octanol–water partition coefficient (Wildman–Crippen LogP) is 2.48. The van der Waals surface area contributed by atoms with Gasteiger partial charge in [-0.2, -0.15) is 0 Å². The van der Waals surface area contributed by atoms with Crippen molar-refractivity contribution < 1.29 is 14.3 Å². The lowest BCUT2D eigenvalue weighted by molar-refractivity contribution is 0.0962. The van der Waals surface area contributed by atoms with Crippen molar-refractivity contribution in [3.05, 3.63) is 23.8 Å². The van der Waals surface area contributed by atoms with Gasteiger partial charge in [0.1, 0.15) is 0 Å². The number of ether oxygens (including phenoxy) is 2. The second-order valence-electron chi connectivity index (χ2n) is 4.48. The van der Waals surface area contributed by atoms with Gasteiger partial charge in [-0.1, -0.05) is 13.8 Å². The Hall–Kier alpha value is -1.71. The molecular weight excluding hydrogens is 230 g/mol. The second kappa shape index (κ2) is 6.89. The molecule has 100 valence electrons. The Labute approximate surface area is 108 Å². The van der Waals surface area contributed by atoms with E-state index in [2.05, 4.69) is 19.2 Å². The van der Waals surface area contributed by atoms with E-state index in [0.29, 0.717) is 29.6 Å². The molecule has 1 amide bonds. The van der Waals surface area contributed by atoms with E-state index in [-0.39, 0.29) is 5.91 Å². The van der Waals surface area contributed by atoms with Gasteiger partial charge in [-0.05, 0) is 30.5 Å². The lowest BCUT2D eigenvalue weighted by Gasteiger charge is -2.12. The first-order chi connectivity index (χ1) is 8.58. The Morgan fingerprint density at radius 3 is 2.61 bits per heavy atom. The van der Waals surface area contributed by atoms with Gasteiger partial charge in [0.25, 0.3) is 5.91 Å². The number of carbonyl (C=O) groups excluding carboxylic acids is 1. The summed E-state index contributed by atoms with van der Waals surface area (Å²) in [4.78, 5) is 11.5. The molecule has 0 aromatic heterocycles. The Bertz CT molecular complexity index is 402. The number of methoxy groups -OCH3 is 1. The SMILES string of the molecule is CNC(=O)c1ccc(OCCC(C)C)c(OC)c1. The minimum atomic E-state index is -0.137. The molecule has 0 aliphatic heterocycles. The van der Waals surface area contributed by atoms with Crippen LogP contribution in [0.2, 0.25) is 0 Å². The van der Waals surface area contributed by atoms with Crippen molar-refractivity contribution in [2.24, 2.45) is 5.92 Å². The van der Waals surface area contributed by atoms with Gasteiger partial charge in [0, 0.05) is 12.6 Å². The lowest BCUT2D eigenvalue weighted by atomic mass is 10.1. The van der Waals surface area contributed by atoms with Crippen LogP contribution < -0.4 is 14.8 Å². The predicted molar refractivity (Wildman–Crippen MR) is 71.3 cm³/mol. The zero-order valence-corrected chi connectivity index (χ0v) is 11.4. The van der Waals surface area contributed by atoms with Gasteiger partial charge in [-0.3, -0.25) is 4.79 Å². The standard InChI is InChI=1S/C14H21NO3/c1-10(2)7-8-18-12-6-5-11(14(16)15-3)9-13(12)17-4/h5-6,9-10H,7-8H2,1-4H3,(H,15,16). The molecule has 1 aromatic carbocycles. The third kappa shape index (κ3) is 3.95. The normalized spacial score (nSPS) is 10.3. The fourth-order valence-corrected chi connectivity index (χ4v) is 1.48. The summed E-state index contributed by atoms with van der Waals surface area (Å²) in [6, 6.07) is 5.18. The smallest absolute Gasteiger partial charge is 0.251 e. The highest BCUT2D eigenvalue weighted by molar-refractivity contribution is 5.94. The highest BCUT2D eigenvalue weighted by atomic mass is 16.5. The number of hydrogen-bond donors (Lipinski definition) is 1. The van der Waals surface area contributed by atoms with E-state index in [0.717, 1.165) is 6.42 Å². The maximum Gasteiger partial charge on any atom is 0.251 e. The van der Waals surface area contributed by atoms with Crippen molar-refractivity contribution >= 4 is 5.91 Å². The van der Waals surface area contributed by atoms with Gasteiger partial charge in [0.05, 0.1) is 13.7 Å². The van der Waals surface area contributed by atoms with Crippen molar-refractivity contribution in [1.82, 2.24) is 5.32 Å². The van der Waals surface area contributed by atoms with Gasteiger partial charge in [0.15, 0.2) is 11.5 Å². The Kier molecular flexibility index (Phi) is 5.49. The lowest BCUT2D eigenvalue weighted by Crippen LogP contribution is -2.17. The monoisotopic (exact) mass is 251 g/mol. The van der Waals surface area contributed by atoms with Gasteiger partial charge < -0.3 is 14.8 Å². The molecule has 1 rings (SSSR count). The topological polar surface area (TPSA) is 47.6 Å². The van der Waals surface area contributed by atoms with E-state index in [1.807, 2.05) is 0 Å². The van der Waals surface area contributed by atoms with E-state index < -0.39 is 0 Å². The molecule has 0 aliphatic rings. The summed E-state index contributed by atoms with van der Waals surface area (Å²) >= 11 is 0. The van der Waals surface area contributed by atoms with Crippen molar-refractivity contribution in [2.75, 3.05) is 20.8 Å². The van der Waals surface area contributed by atoms with Crippen molar-refractivity contribution in [2.45, 2.75) is 20.3 Å². The molecule has 0 atom stereocenters. The Morgan fingerprint density at radius 2 is 2.06 bits per heavy atom. The second-order valence-corrected chi connectivity index (χ2v) is 4.48. The zero-order chi connectivity index (χ0) is 13.5. The third-order valence-corrected chi connectivity index (χ3v) is 2.61. The number of carbonyl (C=O) groups is 1. The van der Waals surface area contributed by atoms with Crippen LogP contribution >= 0.6 is 0 Å². The summed E-state index contributed by atoms with van der Waals surface area (Å²) in [6.45, 7) is 4.94. The van der Waals surface area contributed by atoms with E-state index >= 15 is 0 Å². The molecule has 0 heterocycles. The third-order valence-electron chi connectivity index (χ3n) is 2.61. The molecule has 0 bridgehead atoms. The quantitative estimate of drug-likeness (QED) is 0.845. The number of rotatable bonds is 6. The zero-order valence-electron chi connectivity index (χ0n) is 11.4. The van der Waals surface area contributed by atoms with Crippen LogP contribution in [-0.2, 0) is 0 Å². The average Bonchev–Trinajstić information content (AvgIpc) is 2.37. The Morgan fingerprint density at radius 1 is 1.33 bits per heavy atom. The summed E-state index contributed by atoms with van der Waals surface area (Å²) in [6.07, 6.45) is 0.986. The maximum atomic E-state index is 11.5. The summed E-state index contributed by atoms with van der Waals surface area (Å²) in [5.74, 6) is 1.72. The van der Waals surface area contributed by atoms with E-state index in [4.69, 9.17) is 9.47 Å². The fraction of sp³-hybridized carbons (Fsp3) is 0.500. The molecule has 4 nitrogen and oxygen atoms in total. The summed E-state index contributed by atoms with van der Waals surface area (Å²) < 4.78 is 10.9. The first kappa shape index (κ1) is 14.4. The molecule has 0 spiro atoms. The highest BCUT2D eigenvalue weighted by Gasteiger charge is 2.10. The van der Waals surface area contributed by atoms with Gasteiger partial charge >= 0.3 is 0 Å². The molecule has 0 unspecified atom stereocenters. The molecule has 4 heteroatoms. The van der Waals surface area contributed by atoms with Crippen LogP contribution in [0.15, 0.2) is 18.2 Å². The first-order valence-electron chi connectivity index (χ1n) is 6.11. The van der Waals surface area contributed by atoms with Crippen LogP contribution in [0.5, 0.6) is 11.5 Å². The van der Waals surface area contributed by atoms with Crippen LogP contribution in [0, 0.1) is 5.92 Å². The maximum absolute atomic E-state index is 11.5. The number of hydrogen-bond acceptors (Lipinski definition) is 3. The van der Waals surface area contributed by atoms with Gasteiger partial charge in [0.2, 0.25) is 0 Å². The Balaban J connectivity index is 2.77. The molecule has 0 saturated heterocycles. The summed E-state index contributed by atoms with van der Waals surface area (Å²) in [5, 5.41) is 2.57. The minimum Gasteiger partial charge on any atom is -0.493 e. The molecule has 0 aliphatic carbocycles. The number of amides is 1. The van der Waals surface area contributed by atoms with Crippen LogP contribution in [0.25, 0.3) is 0 Å². The molecule has 1 N–H and O–H groups in total. The van der Waals surface area contributed by atoms with E-state index in [1.54, 1.807) is 32.4 Å². The first-order valence-corrected chi connectivity index (χ1v) is 6.11. The molecule has 0 fully saturated rings. The van der Waals surface area contributed by atoms with Gasteiger partial charge in [-0.15, -0.1) is 0 Å². The van der Waals surface area contributed by atoms with Crippen LogP contribution in [0.4, 0.5) is 0 Å². The largest absolute Gasteiger partial charge is 0.493 e. The molecule has 18 heavy (non-hydrogen) atoms. The molecule has 1 aromatic rings.